The van der Waals surface area contributed by atoms with E-state index in [1.165, 1.54) is 0 Å². The van der Waals surface area contributed by atoms with Gasteiger partial charge >= 0.3 is 0 Å². The van der Waals surface area contributed by atoms with E-state index in [-0.39, 0.29) is 17.6 Å². The molecule has 3 heterocycles. The predicted molar refractivity (Wildman–Crippen MR) is 81.9 cm³/mol. The molecule has 0 aliphatic carbocycles. The molecule has 0 unspecified atom stereocenters. The molecule has 1 fully saturated rings. The monoisotopic (exact) mass is 322 g/mol. The summed E-state index contributed by atoms with van der Waals surface area (Å²) in [5.41, 5.74) is 2.18. The Morgan fingerprint density at radius 1 is 1.41 bits per heavy atom. The number of fused-ring (bicyclic) bond motifs is 1. The van der Waals surface area contributed by atoms with Gasteiger partial charge in [-0.3, -0.25) is 4.79 Å². The van der Waals surface area contributed by atoms with Crippen molar-refractivity contribution < 1.29 is 13.2 Å². The molecule has 0 bridgehead atoms. The van der Waals surface area contributed by atoms with E-state index in [0.717, 1.165) is 5.56 Å². The summed E-state index contributed by atoms with van der Waals surface area (Å²) >= 11 is 0. The first kappa shape index (κ1) is 15.0. The normalized spacial score (nSPS) is 19.0. The molecule has 1 aliphatic rings. The number of nitrogens with zero attached hydrogens (tertiary/aromatic N) is 3. The first-order valence-corrected chi connectivity index (χ1v) is 8.78. The Kier molecular flexibility index (Phi) is 3.65. The summed E-state index contributed by atoms with van der Waals surface area (Å²) in [5.74, 6) is -0.349. The number of likely N-dealkylation sites (tertiary alicyclic amines) is 1. The summed E-state index contributed by atoms with van der Waals surface area (Å²) < 4.78 is 24.1. The lowest BCUT2D eigenvalue weighted by Crippen LogP contribution is -2.31. The summed E-state index contributed by atoms with van der Waals surface area (Å²) in [5, 5.41) is 5.07. The zero-order chi connectivity index (χ0) is 15.9. The van der Waals surface area contributed by atoms with E-state index in [4.69, 9.17) is 5.14 Å². The molecule has 1 saturated heterocycles. The number of amides is 1. The van der Waals surface area contributed by atoms with Crippen LogP contribution in [0.2, 0.25) is 0 Å². The van der Waals surface area contributed by atoms with Crippen LogP contribution in [0.1, 0.15) is 22.5 Å². The number of hydrogen-bond acceptors (Lipinski definition) is 4. The molecule has 118 valence electrons. The molecule has 0 aromatic carbocycles. The van der Waals surface area contributed by atoms with Gasteiger partial charge in [0.25, 0.3) is 5.91 Å². The number of aromatic nitrogens is 2. The van der Waals surface area contributed by atoms with Crippen molar-refractivity contribution in [2.24, 2.45) is 11.1 Å². The zero-order valence-corrected chi connectivity index (χ0v) is 13.1. The summed E-state index contributed by atoms with van der Waals surface area (Å²) in [7, 11) is -3.50. The number of primary sulfonamides is 1. The molecule has 2 aromatic heterocycles. The highest BCUT2D eigenvalue weighted by atomic mass is 32.2. The van der Waals surface area contributed by atoms with Crippen molar-refractivity contribution in [2.75, 3.05) is 18.8 Å². The number of nitrogens with two attached hydrogens (primary N) is 1. The van der Waals surface area contributed by atoms with E-state index >= 15 is 0 Å². The third-order valence-electron chi connectivity index (χ3n) is 3.86. The van der Waals surface area contributed by atoms with Gasteiger partial charge in [-0.2, -0.15) is 0 Å². The van der Waals surface area contributed by atoms with Gasteiger partial charge in [-0.25, -0.2) is 18.5 Å². The minimum Gasteiger partial charge on any atom is -0.337 e. The van der Waals surface area contributed by atoms with Gasteiger partial charge in [-0.1, -0.05) is 6.07 Å². The van der Waals surface area contributed by atoms with E-state index in [1.807, 2.05) is 29.7 Å². The SMILES string of the molecule is Cc1ccc2nc(C(=O)N3CC[C@@H](CS(N)(=O)=O)C3)cn2c1. The van der Waals surface area contributed by atoms with Gasteiger partial charge in [0.15, 0.2) is 0 Å². The predicted octanol–water partition coefficient (Wildman–Crippen LogP) is 0.393. The molecule has 0 saturated carbocycles. The lowest BCUT2D eigenvalue weighted by molar-refractivity contribution is 0.0783. The summed E-state index contributed by atoms with van der Waals surface area (Å²) in [6.45, 7) is 2.91. The van der Waals surface area contributed by atoms with E-state index in [2.05, 4.69) is 4.98 Å². The third kappa shape index (κ3) is 3.12. The Balaban J connectivity index is 1.76. The molecule has 8 heteroatoms. The quantitative estimate of drug-likeness (QED) is 0.884. The molecule has 1 amide bonds. The van der Waals surface area contributed by atoms with E-state index < -0.39 is 10.0 Å². The van der Waals surface area contributed by atoms with Gasteiger partial charge in [0.2, 0.25) is 10.0 Å². The van der Waals surface area contributed by atoms with E-state index in [0.29, 0.717) is 30.9 Å². The second-order valence-corrected chi connectivity index (χ2v) is 7.49. The van der Waals surface area contributed by atoms with Crippen LogP contribution in [0.5, 0.6) is 0 Å². The highest BCUT2D eigenvalue weighted by Crippen LogP contribution is 2.20. The van der Waals surface area contributed by atoms with Gasteiger partial charge in [0.1, 0.15) is 11.3 Å². The Labute approximate surface area is 128 Å². The average molecular weight is 322 g/mol. The summed E-state index contributed by atoms with van der Waals surface area (Å²) in [6, 6.07) is 3.80. The van der Waals surface area contributed by atoms with Crippen LogP contribution >= 0.6 is 0 Å². The molecule has 1 aliphatic heterocycles. The van der Waals surface area contributed by atoms with Crippen LogP contribution in [0.3, 0.4) is 0 Å². The van der Waals surface area contributed by atoms with Crippen molar-refractivity contribution in [3.8, 4) is 0 Å². The van der Waals surface area contributed by atoms with Crippen molar-refractivity contribution in [1.82, 2.24) is 14.3 Å². The topological polar surface area (TPSA) is 97.8 Å². The number of carbonyl (C=O) groups is 1. The largest absolute Gasteiger partial charge is 0.337 e. The molecule has 0 spiro atoms. The lowest BCUT2D eigenvalue weighted by Gasteiger charge is -2.14. The molecule has 7 nitrogen and oxygen atoms in total. The zero-order valence-electron chi connectivity index (χ0n) is 12.3. The van der Waals surface area contributed by atoms with Crippen LogP contribution in [0.15, 0.2) is 24.5 Å². The second-order valence-electron chi connectivity index (χ2n) is 5.83. The maximum atomic E-state index is 12.5. The van der Waals surface area contributed by atoms with Gasteiger partial charge in [-0.05, 0) is 30.9 Å². The van der Waals surface area contributed by atoms with Crippen molar-refractivity contribution in [1.29, 1.82) is 0 Å². The van der Waals surface area contributed by atoms with Gasteiger partial charge in [0.05, 0.1) is 5.75 Å². The molecule has 3 rings (SSSR count). The maximum Gasteiger partial charge on any atom is 0.274 e. The number of pyridine rings is 1. The Morgan fingerprint density at radius 2 is 2.18 bits per heavy atom. The van der Waals surface area contributed by atoms with Gasteiger partial charge < -0.3 is 9.30 Å². The highest BCUT2D eigenvalue weighted by Gasteiger charge is 2.30. The van der Waals surface area contributed by atoms with Crippen molar-refractivity contribution in [3.05, 3.63) is 35.8 Å². The minimum atomic E-state index is -3.50. The fourth-order valence-corrected chi connectivity index (χ4v) is 3.78. The number of imidazole rings is 1. The third-order valence-corrected chi connectivity index (χ3v) is 4.80. The number of rotatable bonds is 3. The molecular weight excluding hydrogens is 304 g/mol. The first-order valence-electron chi connectivity index (χ1n) is 7.07. The maximum absolute atomic E-state index is 12.5. The highest BCUT2D eigenvalue weighted by molar-refractivity contribution is 7.89. The average Bonchev–Trinajstić information content (AvgIpc) is 3.02. The fraction of sp³-hybridized carbons (Fsp3) is 0.429. The van der Waals surface area contributed by atoms with Gasteiger partial charge in [0, 0.05) is 25.5 Å². The molecular formula is C14H18N4O3S. The Bertz CT molecular complexity index is 828. The van der Waals surface area contributed by atoms with Crippen molar-refractivity contribution in [3.63, 3.8) is 0 Å². The molecule has 2 N–H and O–H groups in total. The van der Waals surface area contributed by atoms with E-state index in [1.54, 1.807) is 11.1 Å². The van der Waals surface area contributed by atoms with Crippen molar-refractivity contribution in [2.45, 2.75) is 13.3 Å². The number of sulfonamides is 1. The smallest absolute Gasteiger partial charge is 0.274 e. The van der Waals surface area contributed by atoms with E-state index in [9.17, 15) is 13.2 Å². The number of carbonyl (C=O) groups excluding carboxylic acids is 1. The fourth-order valence-electron chi connectivity index (χ4n) is 2.85. The number of hydrogen-bond donors (Lipinski definition) is 1. The lowest BCUT2D eigenvalue weighted by atomic mass is 10.2. The molecule has 0 radical (unpaired) electrons. The summed E-state index contributed by atoms with van der Waals surface area (Å²) in [6.07, 6.45) is 4.26. The van der Waals surface area contributed by atoms with Crippen LogP contribution in [-0.4, -0.2) is 47.5 Å². The summed E-state index contributed by atoms with van der Waals surface area (Å²) in [4.78, 5) is 18.5. The molecule has 1 atom stereocenters. The number of aryl methyl sites for hydroxylation is 1. The Hall–Kier alpha value is -1.93. The van der Waals surface area contributed by atoms with Crippen LogP contribution in [-0.2, 0) is 10.0 Å². The minimum absolute atomic E-state index is 0.0822. The van der Waals surface area contributed by atoms with Crippen LogP contribution in [0, 0.1) is 12.8 Å². The standard InChI is InChI=1S/C14H18N4O3S/c1-10-2-3-13-16-12(8-18(13)6-10)14(19)17-5-4-11(7-17)9-22(15,20)21/h2-3,6,8,11H,4-5,7,9H2,1H3,(H2,15,20,21)/t11-/m1/s1. The molecule has 22 heavy (non-hydrogen) atoms. The van der Waals surface area contributed by atoms with Crippen molar-refractivity contribution >= 4 is 21.6 Å². The first-order chi connectivity index (χ1) is 10.3. The Morgan fingerprint density at radius 3 is 2.91 bits per heavy atom. The van der Waals surface area contributed by atoms with Crippen LogP contribution < -0.4 is 5.14 Å². The van der Waals surface area contributed by atoms with Crippen LogP contribution in [0.4, 0.5) is 0 Å². The van der Waals surface area contributed by atoms with Crippen LogP contribution in [0.25, 0.3) is 5.65 Å². The second kappa shape index (κ2) is 5.36. The molecule has 2 aromatic rings. The van der Waals surface area contributed by atoms with Gasteiger partial charge in [-0.15, -0.1) is 0 Å².